The standard InChI is InChI=1S/C15H14BrNO3/c1-20-14-8-9(2-5-11(14)16)12-6-7-13(15(18)19)17(12)10-3-4-10/h2,5-8,10H,3-4H2,1H3,(H,18,19). The van der Waals surface area contributed by atoms with Gasteiger partial charge in [0, 0.05) is 17.3 Å². The number of benzene rings is 1. The molecule has 0 radical (unpaired) electrons. The molecule has 0 unspecified atom stereocenters. The zero-order chi connectivity index (χ0) is 14.3. The quantitative estimate of drug-likeness (QED) is 0.919. The summed E-state index contributed by atoms with van der Waals surface area (Å²) in [5.74, 6) is -0.143. The monoisotopic (exact) mass is 335 g/mol. The van der Waals surface area contributed by atoms with Crippen LogP contribution >= 0.6 is 15.9 Å². The smallest absolute Gasteiger partial charge is 0.352 e. The lowest BCUT2D eigenvalue weighted by atomic mass is 10.1. The summed E-state index contributed by atoms with van der Waals surface area (Å²) in [7, 11) is 1.62. The van der Waals surface area contributed by atoms with Gasteiger partial charge in [0.2, 0.25) is 0 Å². The van der Waals surface area contributed by atoms with Crippen LogP contribution in [0.3, 0.4) is 0 Å². The molecule has 0 bridgehead atoms. The van der Waals surface area contributed by atoms with Crippen molar-refractivity contribution in [3.8, 4) is 17.0 Å². The van der Waals surface area contributed by atoms with Crippen LogP contribution in [0.25, 0.3) is 11.3 Å². The normalized spacial score (nSPS) is 14.3. The fraction of sp³-hybridized carbons (Fsp3) is 0.267. The Morgan fingerprint density at radius 2 is 2.10 bits per heavy atom. The van der Waals surface area contributed by atoms with Gasteiger partial charge in [0.15, 0.2) is 0 Å². The summed E-state index contributed by atoms with van der Waals surface area (Å²) in [5, 5.41) is 9.29. The largest absolute Gasteiger partial charge is 0.496 e. The Balaban J connectivity index is 2.12. The van der Waals surface area contributed by atoms with Crippen LogP contribution in [0.15, 0.2) is 34.8 Å². The van der Waals surface area contributed by atoms with Crippen LogP contribution in [0, 0.1) is 0 Å². The van der Waals surface area contributed by atoms with Gasteiger partial charge >= 0.3 is 5.97 Å². The number of methoxy groups -OCH3 is 1. The van der Waals surface area contributed by atoms with Gasteiger partial charge in [-0.15, -0.1) is 0 Å². The lowest BCUT2D eigenvalue weighted by Crippen LogP contribution is -2.08. The summed E-state index contributed by atoms with van der Waals surface area (Å²) < 4.78 is 8.11. The van der Waals surface area contributed by atoms with E-state index < -0.39 is 5.97 Å². The fourth-order valence-electron chi connectivity index (χ4n) is 2.40. The molecule has 104 valence electrons. The van der Waals surface area contributed by atoms with E-state index in [4.69, 9.17) is 4.74 Å². The molecule has 5 heteroatoms. The zero-order valence-corrected chi connectivity index (χ0v) is 12.6. The average molecular weight is 336 g/mol. The van der Waals surface area contributed by atoms with Gasteiger partial charge in [0.25, 0.3) is 0 Å². The maximum Gasteiger partial charge on any atom is 0.352 e. The lowest BCUT2D eigenvalue weighted by Gasteiger charge is -2.12. The Morgan fingerprint density at radius 1 is 1.35 bits per heavy atom. The molecule has 0 aliphatic heterocycles. The van der Waals surface area contributed by atoms with Gasteiger partial charge in [-0.3, -0.25) is 0 Å². The van der Waals surface area contributed by atoms with Crippen LogP contribution in [0.1, 0.15) is 29.4 Å². The molecule has 1 N–H and O–H groups in total. The second-order valence-corrected chi connectivity index (χ2v) is 5.71. The number of carboxylic acid groups (broad SMARTS) is 1. The first kappa shape index (κ1) is 13.2. The zero-order valence-electron chi connectivity index (χ0n) is 11.0. The van der Waals surface area contributed by atoms with Gasteiger partial charge in [-0.2, -0.15) is 0 Å². The molecular weight excluding hydrogens is 322 g/mol. The third-order valence-electron chi connectivity index (χ3n) is 3.50. The van der Waals surface area contributed by atoms with E-state index in [1.807, 2.05) is 28.8 Å². The summed E-state index contributed by atoms with van der Waals surface area (Å²) in [4.78, 5) is 11.3. The number of hydrogen-bond acceptors (Lipinski definition) is 2. The summed E-state index contributed by atoms with van der Waals surface area (Å²) >= 11 is 3.43. The van der Waals surface area contributed by atoms with Crippen molar-refractivity contribution in [1.29, 1.82) is 0 Å². The topological polar surface area (TPSA) is 51.5 Å². The average Bonchev–Trinajstić information content (AvgIpc) is 3.17. The number of carbonyl (C=O) groups is 1. The molecule has 0 saturated heterocycles. The highest BCUT2D eigenvalue weighted by molar-refractivity contribution is 9.10. The van der Waals surface area contributed by atoms with E-state index in [1.54, 1.807) is 13.2 Å². The Morgan fingerprint density at radius 3 is 2.70 bits per heavy atom. The van der Waals surface area contributed by atoms with Crippen LogP contribution in [0.5, 0.6) is 5.75 Å². The minimum atomic E-state index is -0.882. The predicted octanol–water partition coefficient (Wildman–Crippen LogP) is 3.96. The first-order valence-electron chi connectivity index (χ1n) is 6.40. The van der Waals surface area contributed by atoms with Crippen molar-refractivity contribution < 1.29 is 14.6 Å². The molecule has 4 nitrogen and oxygen atoms in total. The van der Waals surface area contributed by atoms with Crippen molar-refractivity contribution in [2.24, 2.45) is 0 Å². The van der Waals surface area contributed by atoms with E-state index >= 15 is 0 Å². The van der Waals surface area contributed by atoms with Crippen LogP contribution in [0.2, 0.25) is 0 Å². The van der Waals surface area contributed by atoms with Crippen LogP contribution in [-0.2, 0) is 0 Å². The summed E-state index contributed by atoms with van der Waals surface area (Å²) in [5.41, 5.74) is 2.24. The first-order chi connectivity index (χ1) is 9.61. The summed E-state index contributed by atoms with van der Waals surface area (Å²) in [6.07, 6.45) is 2.07. The molecule has 1 aliphatic carbocycles. The number of aromatic carboxylic acids is 1. The minimum absolute atomic E-state index is 0.306. The van der Waals surface area contributed by atoms with Crippen molar-refractivity contribution >= 4 is 21.9 Å². The molecule has 0 amide bonds. The fourth-order valence-corrected chi connectivity index (χ4v) is 2.81. The number of nitrogens with zero attached hydrogens (tertiary/aromatic N) is 1. The lowest BCUT2D eigenvalue weighted by molar-refractivity contribution is 0.0685. The Bertz CT molecular complexity index is 674. The third kappa shape index (κ3) is 2.22. The molecule has 3 rings (SSSR count). The van der Waals surface area contributed by atoms with E-state index in [-0.39, 0.29) is 0 Å². The van der Waals surface area contributed by atoms with E-state index in [9.17, 15) is 9.90 Å². The Labute approximate surface area is 125 Å². The maximum atomic E-state index is 11.3. The van der Waals surface area contributed by atoms with Crippen LogP contribution < -0.4 is 4.74 Å². The number of aromatic nitrogens is 1. The number of ether oxygens (including phenoxy) is 1. The van der Waals surface area contributed by atoms with Crippen molar-refractivity contribution in [2.45, 2.75) is 18.9 Å². The molecule has 1 saturated carbocycles. The highest BCUT2D eigenvalue weighted by Gasteiger charge is 2.30. The van der Waals surface area contributed by atoms with Gasteiger partial charge in [-0.05, 0) is 53.0 Å². The van der Waals surface area contributed by atoms with Gasteiger partial charge in [-0.25, -0.2) is 4.79 Å². The highest BCUT2D eigenvalue weighted by atomic mass is 79.9. The predicted molar refractivity (Wildman–Crippen MR) is 79.4 cm³/mol. The molecule has 1 aromatic carbocycles. The third-order valence-corrected chi connectivity index (χ3v) is 4.15. The molecule has 1 aromatic heterocycles. The minimum Gasteiger partial charge on any atom is -0.496 e. The van der Waals surface area contributed by atoms with Crippen molar-refractivity contribution in [3.63, 3.8) is 0 Å². The van der Waals surface area contributed by atoms with Crippen molar-refractivity contribution in [1.82, 2.24) is 4.57 Å². The van der Waals surface area contributed by atoms with Gasteiger partial charge < -0.3 is 14.4 Å². The van der Waals surface area contributed by atoms with Crippen LogP contribution in [0.4, 0.5) is 0 Å². The number of hydrogen-bond donors (Lipinski definition) is 1. The highest BCUT2D eigenvalue weighted by Crippen LogP contribution is 2.41. The summed E-state index contributed by atoms with van der Waals surface area (Å²) in [6, 6.07) is 9.64. The maximum absolute atomic E-state index is 11.3. The van der Waals surface area contributed by atoms with E-state index in [0.29, 0.717) is 11.7 Å². The van der Waals surface area contributed by atoms with Crippen molar-refractivity contribution in [2.75, 3.05) is 7.11 Å². The molecule has 1 heterocycles. The van der Waals surface area contributed by atoms with E-state index in [0.717, 1.165) is 34.3 Å². The molecule has 0 atom stereocenters. The summed E-state index contributed by atoms with van der Waals surface area (Å²) in [6.45, 7) is 0. The van der Waals surface area contributed by atoms with Gasteiger partial charge in [0.1, 0.15) is 11.4 Å². The molecular formula is C15H14BrNO3. The van der Waals surface area contributed by atoms with E-state index in [1.165, 1.54) is 0 Å². The molecule has 0 spiro atoms. The van der Waals surface area contributed by atoms with Crippen LogP contribution in [-0.4, -0.2) is 22.8 Å². The molecule has 2 aromatic rings. The van der Waals surface area contributed by atoms with Gasteiger partial charge in [0.05, 0.1) is 11.6 Å². The Kier molecular flexibility index (Phi) is 3.30. The molecule has 1 fully saturated rings. The first-order valence-corrected chi connectivity index (χ1v) is 7.19. The Hall–Kier alpha value is -1.75. The van der Waals surface area contributed by atoms with Crippen molar-refractivity contribution in [3.05, 3.63) is 40.5 Å². The molecule has 1 aliphatic rings. The second kappa shape index (κ2) is 4.98. The van der Waals surface area contributed by atoms with Gasteiger partial charge in [-0.1, -0.05) is 6.07 Å². The number of halogens is 1. The number of carboxylic acids is 1. The molecule has 20 heavy (non-hydrogen) atoms. The van der Waals surface area contributed by atoms with E-state index in [2.05, 4.69) is 15.9 Å². The SMILES string of the molecule is COc1cc(-c2ccc(C(=O)O)n2C2CC2)ccc1Br. The number of rotatable bonds is 4. The second-order valence-electron chi connectivity index (χ2n) is 4.86.